The van der Waals surface area contributed by atoms with Crippen LogP contribution in [0.3, 0.4) is 0 Å². The zero-order valence-electron chi connectivity index (χ0n) is 13.8. The topological polar surface area (TPSA) is 123 Å². The van der Waals surface area contributed by atoms with Crippen molar-refractivity contribution in [2.24, 2.45) is 4.99 Å². The highest BCUT2D eigenvalue weighted by molar-refractivity contribution is 7.92. The Morgan fingerprint density at radius 3 is 2.38 bits per heavy atom. The second-order valence-electron chi connectivity index (χ2n) is 4.78. The molecule has 0 aliphatic heterocycles. The molecule has 1 aromatic carbocycles. The summed E-state index contributed by atoms with van der Waals surface area (Å²) in [6.45, 7) is 1.45. The summed E-state index contributed by atoms with van der Waals surface area (Å²) in [5, 5.41) is 4.93. The number of carbonyl (C=O) groups is 1. The summed E-state index contributed by atoms with van der Waals surface area (Å²) in [6.07, 6.45) is 0. The summed E-state index contributed by atoms with van der Waals surface area (Å²) in [5.41, 5.74) is -1.46. The molecule has 2 N–H and O–H groups in total. The van der Waals surface area contributed by atoms with Crippen molar-refractivity contribution >= 4 is 33.4 Å². The maximum absolute atomic E-state index is 13.7. The summed E-state index contributed by atoms with van der Waals surface area (Å²) < 4.78 is 63.5. The zero-order valence-corrected chi connectivity index (χ0v) is 14.6. The molecule has 0 aliphatic carbocycles. The number of aliphatic imine (C=N–C) groups is 1. The average Bonchev–Trinajstić information content (AvgIpc) is 3.02. The molecule has 0 aliphatic rings. The number of anilines is 1. The number of para-hydroxylation sites is 1. The van der Waals surface area contributed by atoms with E-state index in [1.807, 2.05) is 0 Å². The number of ether oxygens (including phenoxy) is 2. The number of aromatic nitrogens is 2. The van der Waals surface area contributed by atoms with Crippen LogP contribution in [0.15, 0.2) is 28.2 Å². The van der Waals surface area contributed by atoms with Crippen LogP contribution in [0.2, 0.25) is 0 Å². The van der Waals surface area contributed by atoms with Gasteiger partial charge in [-0.1, -0.05) is 6.07 Å². The van der Waals surface area contributed by atoms with E-state index in [0.29, 0.717) is 0 Å². The second-order valence-corrected chi connectivity index (χ2v) is 6.38. The largest absolute Gasteiger partial charge is 0.484 e. The zero-order chi connectivity index (χ0) is 19.5. The first kappa shape index (κ1) is 19.3. The number of sulfonamides is 1. The van der Waals surface area contributed by atoms with Crippen molar-refractivity contribution in [3.8, 4) is 0 Å². The summed E-state index contributed by atoms with van der Waals surface area (Å²) in [5.74, 6) is -3.52. The van der Waals surface area contributed by atoms with Crippen LogP contribution in [0.1, 0.15) is 17.3 Å². The summed E-state index contributed by atoms with van der Waals surface area (Å²) >= 11 is 0. The van der Waals surface area contributed by atoms with Gasteiger partial charge < -0.3 is 9.47 Å². The lowest BCUT2D eigenvalue weighted by Crippen LogP contribution is -2.19. The number of carbonyl (C=O) groups excluding carboxylic acids is 1. The number of nitrogens with one attached hydrogen (secondary N) is 2. The minimum Gasteiger partial charge on any atom is -0.484 e. The van der Waals surface area contributed by atoms with Gasteiger partial charge in [0.15, 0.2) is 11.7 Å². The van der Waals surface area contributed by atoms with E-state index < -0.39 is 43.9 Å². The molecule has 2 aromatic rings. The number of hydrogen-bond donors (Lipinski definition) is 2. The Bertz CT molecular complexity index is 951. The van der Waals surface area contributed by atoms with Crippen LogP contribution in [-0.4, -0.2) is 44.7 Å². The first-order valence-electron chi connectivity index (χ1n) is 6.94. The van der Waals surface area contributed by atoms with E-state index in [4.69, 9.17) is 4.74 Å². The molecule has 0 amide bonds. The Labute approximate surface area is 147 Å². The highest BCUT2D eigenvalue weighted by Crippen LogP contribution is 2.28. The van der Waals surface area contributed by atoms with Crippen molar-refractivity contribution in [3.63, 3.8) is 0 Å². The third-order valence-corrected chi connectivity index (χ3v) is 4.40. The monoisotopic (exact) mass is 388 g/mol. The number of benzene rings is 1. The Morgan fingerprint density at radius 1 is 1.23 bits per heavy atom. The van der Waals surface area contributed by atoms with E-state index in [9.17, 15) is 22.0 Å². The van der Waals surface area contributed by atoms with Crippen molar-refractivity contribution in [1.29, 1.82) is 0 Å². The van der Waals surface area contributed by atoms with E-state index >= 15 is 0 Å². The molecular formula is C14H14F2N4O5S. The first-order valence-corrected chi connectivity index (χ1v) is 8.42. The maximum Gasteiger partial charge on any atom is 0.344 e. The standard InChI is InChI=1S/C14H14F2N4O5S/c1-7(24-2)17-12-10(14(21)25-3)13(19-18-12)26(22,23)20-11-8(15)5-4-6-9(11)16/h4-6,20H,1-3H3,(H,18,19). The molecular weight excluding hydrogens is 374 g/mol. The van der Waals surface area contributed by atoms with Crippen LogP contribution in [0.25, 0.3) is 0 Å². The van der Waals surface area contributed by atoms with Crippen LogP contribution in [0.5, 0.6) is 0 Å². The quantitative estimate of drug-likeness (QED) is 0.459. The molecule has 0 fully saturated rings. The fourth-order valence-electron chi connectivity index (χ4n) is 1.86. The Kier molecular flexibility index (Phi) is 5.55. The van der Waals surface area contributed by atoms with Gasteiger partial charge in [0.05, 0.1) is 14.2 Å². The molecule has 0 spiro atoms. The minimum absolute atomic E-state index is 0.0934. The molecule has 0 unspecified atom stereocenters. The van der Waals surface area contributed by atoms with Crippen molar-refractivity contribution in [1.82, 2.24) is 10.2 Å². The maximum atomic E-state index is 13.7. The predicted octanol–water partition coefficient (Wildman–Crippen LogP) is 1.97. The van der Waals surface area contributed by atoms with Crippen molar-refractivity contribution < 1.29 is 31.5 Å². The number of halogens is 2. The Morgan fingerprint density at radius 2 is 1.85 bits per heavy atom. The molecule has 9 nitrogen and oxygen atoms in total. The Balaban J connectivity index is 2.58. The second kappa shape index (κ2) is 7.47. The molecule has 1 aromatic heterocycles. The van der Waals surface area contributed by atoms with Gasteiger partial charge in [0, 0.05) is 6.92 Å². The van der Waals surface area contributed by atoms with Crippen LogP contribution in [-0.2, 0) is 19.5 Å². The molecule has 12 heteroatoms. The van der Waals surface area contributed by atoms with Gasteiger partial charge in [-0.15, -0.1) is 0 Å². The van der Waals surface area contributed by atoms with Gasteiger partial charge >= 0.3 is 5.97 Å². The minimum atomic E-state index is -4.65. The van der Waals surface area contributed by atoms with Gasteiger partial charge in [-0.2, -0.15) is 18.5 Å². The van der Waals surface area contributed by atoms with Gasteiger partial charge in [0.25, 0.3) is 10.0 Å². The van der Waals surface area contributed by atoms with Crippen LogP contribution in [0, 0.1) is 11.6 Å². The molecule has 2 rings (SSSR count). The summed E-state index contributed by atoms with van der Waals surface area (Å²) in [4.78, 5) is 15.8. The number of hydrogen-bond acceptors (Lipinski definition) is 7. The van der Waals surface area contributed by atoms with Gasteiger partial charge in [-0.05, 0) is 12.1 Å². The van der Waals surface area contributed by atoms with Gasteiger partial charge in [0.1, 0.15) is 22.9 Å². The van der Waals surface area contributed by atoms with Gasteiger partial charge in [-0.3, -0.25) is 9.82 Å². The lowest BCUT2D eigenvalue weighted by molar-refractivity contribution is 0.0597. The van der Waals surface area contributed by atoms with Crippen molar-refractivity contribution in [2.75, 3.05) is 18.9 Å². The molecule has 0 saturated carbocycles. The lowest BCUT2D eigenvalue weighted by atomic mass is 10.3. The van der Waals surface area contributed by atoms with E-state index in [-0.39, 0.29) is 11.7 Å². The van der Waals surface area contributed by atoms with Crippen molar-refractivity contribution in [3.05, 3.63) is 35.4 Å². The molecule has 0 atom stereocenters. The number of aromatic amines is 1. The summed E-state index contributed by atoms with van der Waals surface area (Å²) in [6, 6.07) is 2.80. The van der Waals surface area contributed by atoms with Gasteiger partial charge in [-0.25, -0.2) is 13.6 Å². The van der Waals surface area contributed by atoms with Crippen LogP contribution in [0.4, 0.5) is 20.3 Å². The highest BCUT2D eigenvalue weighted by Gasteiger charge is 2.32. The lowest BCUT2D eigenvalue weighted by Gasteiger charge is -2.09. The number of esters is 1. The van der Waals surface area contributed by atoms with Crippen LogP contribution >= 0.6 is 0 Å². The first-order chi connectivity index (χ1) is 12.2. The number of nitrogens with zero attached hydrogens (tertiary/aromatic N) is 2. The van der Waals surface area contributed by atoms with E-state index in [0.717, 1.165) is 25.3 Å². The third kappa shape index (κ3) is 3.79. The highest BCUT2D eigenvalue weighted by atomic mass is 32.2. The van der Waals surface area contributed by atoms with Gasteiger partial charge in [0.2, 0.25) is 5.03 Å². The molecule has 1 heterocycles. The molecule has 0 saturated heterocycles. The fraction of sp³-hybridized carbons (Fsp3) is 0.214. The number of rotatable bonds is 5. The number of methoxy groups -OCH3 is 2. The average molecular weight is 388 g/mol. The fourth-order valence-corrected chi connectivity index (χ4v) is 3.03. The van der Waals surface area contributed by atoms with Crippen molar-refractivity contribution in [2.45, 2.75) is 11.9 Å². The van der Waals surface area contributed by atoms with Crippen LogP contribution < -0.4 is 4.72 Å². The smallest absolute Gasteiger partial charge is 0.344 e. The molecule has 26 heavy (non-hydrogen) atoms. The normalized spacial score (nSPS) is 12.0. The van der Waals surface area contributed by atoms with E-state index in [2.05, 4.69) is 19.9 Å². The molecule has 0 radical (unpaired) electrons. The molecule has 140 valence electrons. The number of H-pyrrole nitrogens is 1. The van der Waals surface area contributed by atoms with E-state index in [1.165, 1.54) is 14.0 Å². The predicted molar refractivity (Wildman–Crippen MR) is 86.9 cm³/mol. The Hall–Kier alpha value is -3.02. The third-order valence-electron chi connectivity index (χ3n) is 3.12. The van der Waals surface area contributed by atoms with E-state index in [1.54, 1.807) is 4.72 Å². The SMILES string of the molecule is COC(=O)c1c(S(=O)(=O)Nc2c(F)cccc2F)n[nH]c1N=C(C)OC. The summed E-state index contributed by atoms with van der Waals surface area (Å²) in [7, 11) is -2.32. The molecule has 0 bridgehead atoms.